The summed E-state index contributed by atoms with van der Waals surface area (Å²) in [6.45, 7) is 2.16. The van der Waals surface area contributed by atoms with Gasteiger partial charge in [-0.3, -0.25) is 0 Å². The van der Waals surface area contributed by atoms with Gasteiger partial charge in [-0.15, -0.1) is 0 Å². The second-order valence-electron chi connectivity index (χ2n) is 10.3. The third-order valence-corrected chi connectivity index (χ3v) is 7.93. The SMILES string of the molecule is Cc1cccc(-c2cc(-n3c4ccccc4c4ccccc43)cc(-n3c4ccccc4c4ccccc43)c2)c1. The van der Waals surface area contributed by atoms with Crippen molar-refractivity contribution in [2.45, 2.75) is 6.92 Å². The van der Waals surface area contributed by atoms with E-state index in [4.69, 9.17) is 0 Å². The monoisotopic (exact) mass is 498 g/mol. The van der Waals surface area contributed by atoms with E-state index < -0.39 is 0 Å². The van der Waals surface area contributed by atoms with E-state index in [-0.39, 0.29) is 0 Å². The highest BCUT2D eigenvalue weighted by atomic mass is 15.0. The average molecular weight is 499 g/mol. The van der Waals surface area contributed by atoms with Gasteiger partial charge in [0.1, 0.15) is 0 Å². The highest BCUT2D eigenvalue weighted by Crippen LogP contribution is 2.37. The maximum atomic E-state index is 2.42. The molecule has 0 saturated carbocycles. The van der Waals surface area contributed by atoms with E-state index in [0.717, 1.165) is 11.4 Å². The van der Waals surface area contributed by atoms with Crippen LogP contribution >= 0.6 is 0 Å². The van der Waals surface area contributed by atoms with Gasteiger partial charge in [0.25, 0.3) is 0 Å². The minimum Gasteiger partial charge on any atom is -0.309 e. The molecule has 0 aliphatic rings. The summed E-state index contributed by atoms with van der Waals surface area (Å²) in [6.07, 6.45) is 0. The smallest absolute Gasteiger partial charge is 0.0541 e. The maximum Gasteiger partial charge on any atom is 0.0541 e. The molecule has 0 N–H and O–H groups in total. The molecule has 0 aliphatic carbocycles. The predicted molar refractivity (Wildman–Crippen MR) is 165 cm³/mol. The first-order valence-corrected chi connectivity index (χ1v) is 13.5. The van der Waals surface area contributed by atoms with Gasteiger partial charge in [0.15, 0.2) is 0 Å². The lowest BCUT2D eigenvalue weighted by molar-refractivity contribution is 1.13. The lowest BCUT2D eigenvalue weighted by atomic mass is 10.0. The molecule has 0 unspecified atom stereocenters. The topological polar surface area (TPSA) is 9.86 Å². The van der Waals surface area contributed by atoms with Crippen molar-refractivity contribution in [3.8, 4) is 22.5 Å². The summed E-state index contributed by atoms with van der Waals surface area (Å²) in [5, 5.41) is 5.08. The molecule has 2 aromatic heterocycles. The second-order valence-corrected chi connectivity index (χ2v) is 10.3. The molecule has 2 heteroatoms. The van der Waals surface area contributed by atoms with E-state index in [1.807, 2.05) is 0 Å². The fourth-order valence-electron chi connectivity index (χ4n) is 6.25. The summed E-state index contributed by atoms with van der Waals surface area (Å²) >= 11 is 0. The number of aromatic nitrogens is 2. The van der Waals surface area contributed by atoms with Crippen LogP contribution in [0.1, 0.15) is 5.56 Å². The van der Waals surface area contributed by atoms with Gasteiger partial charge < -0.3 is 9.13 Å². The summed E-state index contributed by atoms with van der Waals surface area (Å²) < 4.78 is 4.84. The van der Waals surface area contributed by atoms with Crippen molar-refractivity contribution in [1.29, 1.82) is 0 Å². The number of aryl methyl sites for hydroxylation is 1. The van der Waals surface area contributed by atoms with Gasteiger partial charge in [0.05, 0.1) is 22.1 Å². The number of hydrogen-bond donors (Lipinski definition) is 0. The molecule has 6 aromatic carbocycles. The molecule has 0 fully saturated rings. The largest absolute Gasteiger partial charge is 0.309 e. The number of nitrogens with zero attached hydrogens (tertiary/aromatic N) is 2. The third kappa shape index (κ3) is 3.35. The van der Waals surface area contributed by atoms with E-state index in [1.54, 1.807) is 0 Å². The van der Waals surface area contributed by atoms with Crippen LogP contribution in [0.5, 0.6) is 0 Å². The van der Waals surface area contributed by atoms with Crippen molar-refractivity contribution in [1.82, 2.24) is 9.13 Å². The van der Waals surface area contributed by atoms with Crippen LogP contribution < -0.4 is 0 Å². The van der Waals surface area contributed by atoms with Gasteiger partial charge in [-0.1, -0.05) is 103 Å². The van der Waals surface area contributed by atoms with Crippen LogP contribution in [0.25, 0.3) is 66.1 Å². The van der Waals surface area contributed by atoms with Crippen molar-refractivity contribution >= 4 is 43.6 Å². The Morgan fingerprint density at radius 3 is 1.18 bits per heavy atom. The van der Waals surface area contributed by atoms with Crippen molar-refractivity contribution in [3.05, 3.63) is 145 Å². The van der Waals surface area contributed by atoms with Gasteiger partial charge in [0.2, 0.25) is 0 Å². The lowest BCUT2D eigenvalue weighted by Gasteiger charge is -2.16. The normalized spacial score (nSPS) is 11.7. The summed E-state index contributed by atoms with van der Waals surface area (Å²) in [4.78, 5) is 0. The number of fused-ring (bicyclic) bond motifs is 6. The average Bonchev–Trinajstić information content (AvgIpc) is 3.50. The minimum absolute atomic E-state index is 1.16. The molecule has 0 atom stereocenters. The van der Waals surface area contributed by atoms with Crippen LogP contribution in [0.3, 0.4) is 0 Å². The molecule has 0 saturated heterocycles. The van der Waals surface area contributed by atoms with Gasteiger partial charge in [-0.05, 0) is 60.5 Å². The standard InChI is InChI=1S/C37H26N2/c1-25-11-10-12-26(21-25)27-22-28(38-34-17-6-2-13-30(34)31-14-3-7-18-35(31)38)24-29(23-27)39-36-19-8-4-15-32(36)33-16-5-9-20-37(33)39/h2-24H,1H3. The summed E-state index contributed by atoms with van der Waals surface area (Å²) in [6, 6.07) is 50.7. The molecule has 0 amide bonds. The van der Waals surface area contributed by atoms with Gasteiger partial charge >= 0.3 is 0 Å². The Morgan fingerprint density at radius 2 is 0.769 bits per heavy atom. The van der Waals surface area contributed by atoms with E-state index in [0.29, 0.717) is 0 Å². The molecule has 2 nitrogen and oxygen atoms in total. The predicted octanol–water partition coefficient (Wildman–Crippen LogP) is 9.86. The summed E-state index contributed by atoms with van der Waals surface area (Å²) in [7, 11) is 0. The fraction of sp³-hybridized carbons (Fsp3) is 0.0270. The highest BCUT2D eigenvalue weighted by molar-refractivity contribution is 6.10. The van der Waals surface area contributed by atoms with Crippen LogP contribution in [0, 0.1) is 6.92 Å². The number of benzene rings is 6. The Balaban J connectivity index is 1.51. The zero-order valence-corrected chi connectivity index (χ0v) is 21.7. The van der Waals surface area contributed by atoms with Crippen LogP contribution in [0.2, 0.25) is 0 Å². The minimum atomic E-state index is 1.16. The Bertz CT molecular complexity index is 1950. The van der Waals surface area contributed by atoms with Crippen molar-refractivity contribution in [3.63, 3.8) is 0 Å². The molecule has 39 heavy (non-hydrogen) atoms. The van der Waals surface area contributed by atoms with Crippen LogP contribution in [-0.2, 0) is 0 Å². The van der Waals surface area contributed by atoms with Gasteiger partial charge in [-0.2, -0.15) is 0 Å². The van der Waals surface area contributed by atoms with Crippen LogP contribution in [0.15, 0.2) is 140 Å². The second kappa shape index (κ2) is 8.47. The third-order valence-electron chi connectivity index (χ3n) is 7.93. The maximum absolute atomic E-state index is 2.42. The van der Waals surface area contributed by atoms with E-state index in [9.17, 15) is 0 Å². The first-order valence-electron chi connectivity index (χ1n) is 13.5. The van der Waals surface area contributed by atoms with E-state index in [1.165, 1.54) is 60.3 Å². The first kappa shape index (κ1) is 22.0. The molecule has 0 spiro atoms. The Kier molecular flexibility index (Phi) is 4.77. The number of hydrogen-bond acceptors (Lipinski definition) is 0. The zero-order chi connectivity index (χ0) is 25.9. The molecule has 8 aromatic rings. The fourth-order valence-corrected chi connectivity index (χ4v) is 6.25. The molecule has 0 aliphatic heterocycles. The van der Waals surface area contributed by atoms with Gasteiger partial charge in [0, 0.05) is 32.9 Å². The van der Waals surface area contributed by atoms with E-state index in [2.05, 4.69) is 156 Å². The lowest BCUT2D eigenvalue weighted by Crippen LogP contribution is -2.00. The first-order chi connectivity index (χ1) is 19.3. The van der Waals surface area contributed by atoms with Gasteiger partial charge in [-0.25, -0.2) is 0 Å². The Hall–Kier alpha value is -5.08. The van der Waals surface area contributed by atoms with E-state index >= 15 is 0 Å². The quantitative estimate of drug-likeness (QED) is 0.229. The highest BCUT2D eigenvalue weighted by Gasteiger charge is 2.17. The molecule has 184 valence electrons. The summed E-state index contributed by atoms with van der Waals surface area (Å²) in [5.41, 5.74) is 10.9. The Labute approximate surface area is 227 Å². The molecule has 0 bridgehead atoms. The molecule has 8 rings (SSSR count). The van der Waals surface area contributed by atoms with Crippen molar-refractivity contribution in [2.75, 3.05) is 0 Å². The number of rotatable bonds is 3. The molecule has 0 radical (unpaired) electrons. The molecule has 2 heterocycles. The Morgan fingerprint density at radius 1 is 0.359 bits per heavy atom. The van der Waals surface area contributed by atoms with Crippen LogP contribution in [-0.4, -0.2) is 9.13 Å². The van der Waals surface area contributed by atoms with Crippen molar-refractivity contribution < 1.29 is 0 Å². The molecular formula is C37H26N2. The molecular weight excluding hydrogens is 472 g/mol. The summed E-state index contributed by atoms with van der Waals surface area (Å²) in [5.74, 6) is 0. The van der Waals surface area contributed by atoms with Crippen molar-refractivity contribution in [2.24, 2.45) is 0 Å². The number of para-hydroxylation sites is 4. The zero-order valence-electron chi connectivity index (χ0n) is 21.7. The van der Waals surface area contributed by atoms with Crippen LogP contribution in [0.4, 0.5) is 0 Å².